The summed E-state index contributed by atoms with van der Waals surface area (Å²) in [7, 11) is 0. The van der Waals surface area contributed by atoms with Crippen LogP contribution in [-0.4, -0.2) is 36.5 Å². The molecule has 2 rings (SSSR count). The third-order valence-corrected chi connectivity index (χ3v) is 4.41. The number of nitrogens with one attached hydrogen (secondary N) is 1. The summed E-state index contributed by atoms with van der Waals surface area (Å²) in [5, 5.41) is 3.48. The topological polar surface area (TPSA) is 32.3 Å². The van der Waals surface area contributed by atoms with Gasteiger partial charge in [-0.3, -0.25) is 4.79 Å². The highest BCUT2D eigenvalue weighted by Gasteiger charge is 2.26. The molecule has 1 N–H and O–H groups in total. The van der Waals surface area contributed by atoms with Gasteiger partial charge in [0, 0.05) is 19.1 Å². The maximum absolute atomic E-state index is 11.9. The molecule has 3 nitrogen and oxygen atoms in total. The van der Waals surface area contributed by atoms with E-state index in [4.69, 9.17) is 0 Å². The number of hydrogen-bond acceptors (Lipinski definition) is 2. The number of amides is 1. The molecule has 2 aliphatic rings. The van der Waals surface area contributed by atoms with Gasteiger partial charge in [0.1, 0.15) is 0 Å². The van der Waals surface area contributed by atoms with Crippen LogP contribution in [0.15, 0.2) is 0 Å². The molecule has 0 bridgehead atoms. The fourth-order valence-corrected chi connectivity index (χ4v) is 3.27. The average molecular weight is 238 g/mol. The molecule has 0 radical (unpaired) electrons. The first-order valence-corrected chi connectivity index (χ1v) is 7.18. The maximum atomic E-state index is 11.9. The van der Waals surface area contributed by atoms with E-state index in [1.165, 1.54) is 32.1 Å². The zero-order valence-electron chi connectivity index (χ0n) is 11.2. The van der Waals surface area contributed by atoms with Gasteiger partial charge in [-0.25, -0.2) is 0 Å². The Labute approximate surface area is 105 Å². The number of rotatable bonds is 3. The SMILES string of the molecule is CC1CCC(NCC(=O)N2CCCC2)C(C)C1. The quantitative estimate of drug-likeness (QED) is 0.816. The van der Waals surface area contributed by atoms with Crippen LogP contribution < -0.4 is 5.32 Å². The predicted molar refractivity (Wildman–Crippen MR) is 69.8 cm³/mol. The van der Waals surface area contributed by atoms with Crippen molar-refractivity contribution in [1.82, 2.24) is 10.2 Å². The molecule has 0 spiro atoms. The first kappa shape index (κ1) is 12.9. The molecule has 1 heterocycles. The highest BCUT2D eigenvalue weighted by Crippen LogP contribution is 2.28. The summed E-state index contributed by atoms with van der Waals surface area (Å²) in [6.07, 6.45) is 6.21. The summed E-state index contributed by atoms with van der Waals surface area (Å²) < 4.78 is 0. The number of carbonyl (C=O) groups excluding carboxylic acids is 1. The normalized spacial score (nSPS) is 34.0. The number of nitrogens with zero attached hydrogens (tertiary/aromatic N) is 1. The van der Waals surface area contributed by atoms with Crippen LogP contribution in [0.25, 0.3) is 0 Å². The van der Waals surface area contributed by atoms with Crippen LogP contribution in [0.1, 0.15) is 46.0 Å². The Kier molecular flexibility index (Phi) is 4.43. The minimum Gasteiger partial charge on any atom is -0.342 e. The summed E-state index contributed by atoms with van der Waals surface area (Å²) >= 11 is 0. The van der Waals surface area contributed by atoms with Crippen molar-refractivity contribution in [2.45, 2.75) is 52.0 Å². The lowest BCUT2D eigenvalue weighted by Crippen LogP contribution is -2.44. The Morgan fingerprint density at radius 2 is 1.94 bits per heavy atom. The summed E-state index contributed by atoms with van der Waals surface area (Å²) in [6.45, 7) is 7.13. The second kappa shape index (κ2) is 5.85. The maximum Gasteiger partial charge on any atom is 0.236 e. The van der Waals surface area contributed by atoms with Gasteiger partial charge in [-0.2, -0.15) is 0 Å². The van der Waals surface area contributed by atoms with Crippen molar-refractivity contribution in [2.75, 3.05) is 19.6 Å². The molecule has 3 atom stereocenters. The van der Waals surface area contributed by atoms with Crippen LogP contribution in [0, 0.1) is 11.8 Å². The minimum absolute atomic E-state index is 0.299. The van der Waals surface area contributed by atoms with Gasteiger partial charge < -0.3 is 10.2 Å². The first-order valence-electron chi connectivity index (χ1n) is 7.18. The second-order valence-corrected chi connectivity index (χ2v) is 5.97. The van der Waals surface area contributed by atoms with Gasteiger partial charge in [0.15, 0.2) is 0 Å². The smallest absolute Gasteiger partial charge is 0.236 e. The van der Waals surface area contributed by atoms with E-state index >= 15 is 0 Å². The Balaban J connectivity index is 1.72. The molecule has 1 aliphatic carbocycles. The molecule has 1 saturated carbocycles. The van der Waals surface area contributed by atoms with Crippen molar-refractivity contribution < 1.29 is 4.79 Å². The zero-order chi connectivity index (χ0) is 12.3. The molecule has 17 heavy (non-hydrogen) atoms. The molecule has 0 aromatic rings. The number of carbonyl (C=O) groups is 1. The Morgan fingerprint density at radius 1 is 1.24 bits per heavy atom. The third kappa shape index (κ3) is 3.44. The fraction of sp³-hybridized carbons (Fsp3) is 0.929. The van der Waals surface area contributed by atoms with Gasteiger partial charge in [0.05, 0.1) is 6.54 Å². The average Bonchev–Trinajstić information content (AvgIpc) is 2.81. The van der Waals surface area contributed by atoms with Crippen molar-refractivity contribution in [3.05, 3.63) is 0 Å². The minimum atomic E-state index is 0.299. The first-order chi connectivity index (χ1) is 8.16. The van der Waals surface area contributed by atoms with Crippen molar-refractivity contribution in [1.29, 1.82) is 0 Å². The molecular weight excluding hydrogens is 212 g/mol. The van der Waals surface area contributed by atoms with E-state index in [1.54, 1.807) is 0 Å². The second-order valence-electron chi connectivity index (χ2n) is 5.97. The van der Waals surface area contributed by atoms with Crippen LogP contribution in [0.3, 0.4) is 0 Å². The van der Waals surface area contributed by atoms with Crippen molar-refractivity contribution in [2.24, 2.45) is 11.8 Å². The zero-order valence-corrected chi connectivity index (χ0v) is 11.2. The molecule has 1 amide bonds. The van der Waals surface area contributed by atoms with Gasteiger partial charge in [-0.05, 0) is 43.9 Å². The Bertz CT molecular complexity index is 261. The Hall–Kier alpha value is -0.570. The van der Waals surface area contributed by atoms with E-state index in [9.17, 15) is 4.79 Å². The fourth-order valence-electron chi connectivity index (χ4n) is 3.27. The summed E-state index contributed by atoms with van der Waals surface area (Å²) in [6, 6.07) is 0.553. The lowest BCUT2D eigenvalue weighted by atomic mass is 9.80. The van der Waals surface area contributed by atoms with Crippen LogP contribution >= 0.6 is 0 Å². The standard InChI is InChI=1S/C14H26N2O/c1-11-5-6-13(12(2)9-11)15-10-14(17)16-7-3-4-8-16/h11-13,15H,3-10H2,1-2H3. The molecule has 98 valence electrons. The molecule has 1 aliphatic heterocycles. The molecule has 1 saturated heterocycles. The van der Waals surface area contributed by atoms with Crippen LogP contribution in [0.4, 0.5) is 0 Å². The van der Waals surface area contributed by atoms with Gasteiger partial charge in [0.2, 0.25) is 5.91 Å². The van der Waals surface area contributed by atoms with Gasteiger partial charge >= 0.3 is 0 Å². The van der Waals surface area contributed by atoms with Crippen LogP contribution in [0.2, 0.25) is 0 Å². The predicted octanol–water partition coefficient (Wildman–Crippen LogP) is 2.02. The van der Waals surface area contributed by atoms with E-state index in [2.05, 4.69) is 19.2 Å². The lowest BCUT2D eigenvalue weighted by Gasteiger charge is -2.33. The van der Waals surface area contributed by atoms with Crippen molar-refractivity contribution >= 4 is 5.91 Å². The number of hydrogen-bond donors (Lipinski definition) is 1. The van der Waals surface area contributed by atoms with E-state index < -0.39 is 0 Å². The molecule has 3 unspecified atom stereocenters. The van der Waals surface area contributed by atoms with Crippen molar-refractivity contribution in [3.8, 4) is 0 Å². The Morgan fingerprint density at radius 3 is 2.59 bits per heavy atom. The summed E-state index contributed by atoms with van der Waals surface area (Å²) in [5.41, 5.74) is 0. The highest BCUT2D eigenvalue weighted by molar-refractivity contribution is 5.78. The van der Waals surface area contributed by atoms with Gasteiger partial charge in [-0.1, -0.05) is 13.8 Å². The molecule has 2 fully saturated rings. The molecular formula is C14H26N2O. The van der Waals surface area contributed by atoms with E-state index in [-0.39, 0.29) is 0 Å². The van der Waals surface area contributed by atoms with Gasteiger partial charge in [0.25, 0.3) is 0 Å². The largest absolute Gasteiger partial charge is 0.342 e. The van der Waals surface area contributed by atoms with E-state index in [1.807, 2.05) is 4.90 Å². The lowest BCUT2D eigenvalue weighted by molar-refractivity contribution is -0.129. The molecule has 3 heteroatoms. The monoisotopic (exact) mass is 238 g/mol. The number of likely N-dealkylation sites (tertiary alicyclic amines) is 1. The van der Waals surface area contributed by atoms with Crippen LogP contribution in [0.5, 0.6) is 0 Å². The van der Waals surface area contributed by atoms with Crippen LogP contribution in [-0.2, 0) is 4.79 Å². The van der Waals surface area contributed by atoms with Crippen molar-refractivity contribution in [3.63, 3.8) is 0 Å². The summed E-state index contributed by atoms with van der Waals surface area (Å²) in [4.78, 5) is 13.9. The van der Waals surface area contributed by atoms with E-state index in [0.717, 1.165) is 19.0 Å². The van der Waals surface area contributed by atoms with E-state index in [0.29, 0.717) is 24.4 Å². The van der Waals surface area contributed by atoms with Gasteiger partial charge in [-0.15, -0.1) is 0 Å². The highest BCUT2D eigenvalue weighted by atomic mass is 16.2. The molecule has 0 aromatic heterocycles. The third-order valence-electron chi connectivity index (χ3n) is 4.41. The summed E-state index contributed by atoms with van der Waals surface area (Å²) in [5.74, 6) is 1.87. The molecule has 0 aromatic carbocycles.